The molecular weight excluding hydrogens is 328 g/mol. The normalized spacial score (nSPS) is 22.3. The number of aryl methyl sites for hydroxylation is 1. The molecule has 1 unspecified atom stereocenters. The van der Waals surface area contributed by atoms with Crippen LogP contribution in [0.4, 0.5) is 0 Å². The first kappa shape index (κ1) is 15.4. The molecule has 4 rings (SSSR count). The van der Waals surface area contributed by atoms with Crippen LogP contribution >= 0.6 is 11.6 Å². The molecule has 1 aliphatic carbocycles. The molecule has 1 aromatic heterocycles. The molecule has 1 saturated carbocycles. The van der Waals surface area contributed by atoms with Gasteiger partial charge in [-0.05, 0) is 55.9 Å². The fourth-order valence-electron chi connectivity index (χ4n) is 3.76. The third kappa shape index (κ3) is 2.26. The van der Waals surface area contributed by atoms with Gasteiger partial charge in [0.05, 0.1) is 16.9 Å². The number of nitrogens with zero attached hydrogens (tertiary/aromatic N) is 2. The van der Waals surface area contributed by atoms with Gasteiger partial charge in [0.1, 0.15) is 5.92 Å². The van der Waals surface area contributed by atoms with Gasteiger partial charge >= 0.3 is 5.97 Å². The highest BCUT2D eigenvalue weighted by molar-refractivity contribution is 6.30. The number of hydrogen-bond donors (Lipinski definition) is 0. The average molecular weight is 345 g/mol. The summed E-state index contributed by atoms with van der Waals surface area (Å²) in [4.78, 5) is 25.4. The van der Waals surface area contributed by atoms with Gasteiger partial charge < -0.3 is 4.74 Å². The number of esters is 1. The Bertz CT molecular complexity index is 837. The van der Waals surface area contributed by atoms with Crippen molar-refractivity contribution in [3.63, 3.8) is 0 Å². The Balaban J connectivity index is 1.76. The van der Waals surface area contributed by atoms with Gasteiger partial charge in [0.25, 0.3) is 0 Å². The minimum atomic E-state index is -0.890. The van der Waals surface area contributed by atoms with Crippen LogP contribution in [0.15, 0.2) is 30.6 Å². The molecule has 0 bridgehead atoms. The SMILES string of the molecule is Cc1ccc(-n2cc(Cl)cn2)cc1C1C(=O)OC2(CCCC2)C1=O. The molecule has 1 spiro atoms. The molecule has 1 atom stereocenters. The molecule has 24 heavy (non-hydrogen) atoms. The zero-order valence-electron chi connectivity index (χ0n) is 13.3. The summed E-state index contributed by atoms with van der Waals surface area (Å²) >= 11 is 5.93. The van der Waals surface area contributed by atoms with Crippen molar-refractivity contribution in [3.8, 4) is 5.69 Å². The molecular formula is C18H17ClN2O3. The van der Waals surface area contributed by atoms with Crippen molar-refractivity contribution in [2.45, 2.75) is 44.1 Å². The van der Waals surface area contributed by atoms with E-state index < -0.39 is 17.5 Å². The number of rotatable bonds is 2. The molecule has 0 N–H and O–H groups in total. The van der Waals surface area contributed by atoms with Crippen LogP contribution in [0.3, 0.4) is 0 Å². The largest absolute Gasteiger partial charge is 0.450 e. The number of halogens is 1. The maximum absolute atomic E-state index is 13.0. The lowest BCUT2D eigenvalue weighted by molar-refractivity contribution is -0.151. The Hall–Kier alpha value is -2.14. The van der Waals surface area contributed by atoms with Crippen LogP contribution in [0.25, 0.3) is 5.69 Å². The van der Waals surface area contributed by atoms with Crippen molar-refractivity contribution in [3.05, 3.63) is 46.7 Å². The van der Waals surface area contributed by atoms with Crippen molar-refractivity contribution in [2.24, 2.45) is 0 Å². The summed E-state index contributed by atoms with van der Waals surface area (Å²) in [5, 5.41) is 4.70. The van der Waals surface area contributed by atoms with Crippen LogP contribution in [-0.2, 0) is 14.3 Å². The van der Waals surface area contributed by atoms with Crippen LogP contribution in [0.5, 0.6) is 0 Å². The second-order valence-corrected chi connectivity index (χ2v) is 7.00. The fraction of sp³-hybridized carbons (Fsp3) is 0.389. The van der Waals surface area contributed by atoms with Crippen LogP contribution in [0, 0.1) is 6.92 Å². The Kier molecular flexibility index (Phi) is 3.49. The van der Waals surface area contributed by atoms with Crippen LogP contribution in [0.2, 0.25) is 5.02 Å². The molecule has 1 aliphatic heterocycles. The summed E-state index contributed by atoms with van der Waals surface area (Å²) in [7, 11) is 0. The third-order valence-electron chi connectivity index (χ3n) is 5.04. The molecule has 6 heteroatoms. The summed E-state index contributed by atoms with van der Waals surface area (Å²) < 4.78 is 7.19. The lowest BCUT2D eigenvalue weighted by Crippen LogP contribution is -2.33. The third-order valence-corrected chi connectivity index (χ3v) is 5.24. The number of Topliss-reactive ketones (excluding diaryl/α,β-unsaturated/α-hetero) is 1. The van der Waals surface area contributed by atoms with E-state index in [1.54, 1.807) is 17.1 Å². The van der Waals surface area contributed by atoms with Crippen LogP contribution in [-0.4, -0.2) is 27.1 Å². The summed E-state index contributed by atoms with van der Waals surface area (Å²) in [5.41, 5.74) is 1.45. The van der Waals surface area contributed by atoms with E-state index in [0.717, 1.165) is 24.1 Å². The molecule has 2 heterocycles. The van der Waals surface area contributed by atoms with Gasteiger partial charge in [0.2, 0.25) is 0 Å². The van der Waals surface area contributed by atoms with Gasteiger partial charge in [-0.3, -0.25) is 9.59 Å². The number of hydrogen-bond acceptors (Lipinski definition) is 4. The molecule has 1 aromatic carbocycles. The minimum Gasteiger partial charge on any atom is -0.450 e. The molecule has 2 aliphatic rings. The molecule has 5 nitrogen and oxygen atoms in total. The number of ketones is 1. The van der Waals surface area contributed by atoms with Crippen molar-refractivity contribution in [1.82, 2.24) is 9.78 Å². The number of aromatic nitrogens is 2. The smallest absolute Gasteiger partial charge is 0.322 e. The fourth-order valence-corrected chi connectivity index (χ4v) is 3.89. The van der Waals surface area contributed by atoms with E-state index in [1.807, 2.05) is 25.1 Å². The lowest BCUT2D eigenvalue weighted by atomic mass is 9.85. The number of benzene rings is 1. The second-order valence-electron chi connectivity index (χ2n) is 6.56. The minimum absolute atomic E-state index is 0.0938. The first-order chi connectivity index (χ1) is 11.5. The second kappa shape index (κ2) is 5.45. The maximum Gasteiger partial charge on any atom is 0.322 e. The highest BCUT2D eigenvalue weighted by atomic mass is 35.5. The zero-order chi connectivity index (χ0) is 16.9. The number of ether oxygens (including phenoxy) is 1. The molecule has 2 fully saturated rings. The first-order valence-corrected chi connectivity index (χ1v) is 8.46. The van der Waals surface area contributed by atoms with Crippen molar-refractivity contribution in [1.29, 1.82) is 0 Å². The molecule has 0 amide bonds. The van der Waals surface area contributed by atoms with E-state index >= 15 is 0 Å². The summed E-state index contributed by atoms with van der Waals surface area (Å²) in [6.07, 6.45) is 6.36. The van der Waals surface area contributed by atoms with Crippen LogP contribution < -0.4 is 0 Å². The van der Waals surface area contributed by atoms with Gasteiger partial charge in [-0.2, -0.15) is 5.10 Å². The van der Waals surface area contributed by atoms with Gasteiger partial charge in [0.15, 0.2) is 11.4 Å². The Labute approximate surface area is 144 Å². The monoisotopic (exact) mass is 344 g/mol. The first-order valence-electron chi connectivity index (χ1n) is 8.08. The summed E-state index contributed by atoms with van der Waals surface area (Å²) in [6, 6.07) is 5.61. The number of carbonyl (C=O) groups is 2. The van der Waals surface area contributed by atoms with Crippen molar-refractivity contribution >= 4 is 23.4 Å². The Morgan fingerprint density at radius 3 is 2.71 bits per heavy atom. The van der Waals surface area contributed by atoms with E-state index in [2.05, 4.69) is 5.10 Å². The quantitative estimate of drug-likeness (QED) is 0.619. The number of carbonyl (C=O) groups excluding carboxylic acids is 2. The standard InChI is InChI=1S/C18H17ClN2O3/c1-11-4-5-13(21-10-12(19)9-20-21)8-14(11)15-16(22)18(24-17(15)23)6-2-3-7-18/h4-5,8-10,15H,2-3,6-7H2,1H3. The van der Waals surface area contributed by atoms with Crippen molar-refractivity contribution < 1.29 is 14.3 Å². The van der Waals surface area contributed by atoms with Gasteiger partial charge in [-0.1, -0.05) is 17.7 Å². The van der Waals surface area contributed by atoms with Gasteiger partial charge in [0, 0.05) is 6.20 Å². The topological polar surface area (TPSA) is 61.2 Å². The van der Waals surface area contributed by atoms with E-state index in [4.69, 9.17) is 16.3 Å². The molecule has 1 saturated heterocycles. The van der Waals surface area contributed by atoms with Crippen molar-refractivity contribution in [2.75, 3.05) is 0 Å². The highest BCUT2D eigenvalue weighted by Gasteiger charge is 2.56. The summed E-state index contributed by atoms with van der Waals surface area (Å²) in [6.45, 7) is 1.90. The van der Waals surface area contributed by atoms with Crippen LogP contribution in [0.1, 0.15) is 42.7 Å². The predicted molar refractivity (Wildman–Crippen MR) is 88.4 cm³/mol. The Morgan fingerprint density at radius 1 is 1.29 bits per heavy atom. The Morgan fingerprint density at radius 2 is 2.04 bits per heavy atom. The zero-order valence-corrected chi connectivity index (χ0v) is 14.0. The van der Waals surface area contributed by atoms with E-state index in [1.165, 1.54) is 0 Å². The summed E-state index contributed by atoms with van der Waals surface area (Å²) in [5.74, 6) is -1.36. The molecule has 2 aromatic rings. The van der Waals surface area contributed by atoms with E-state index in [0.29, 0.717) is 23.4 Å². The van der Waals surface area contributed by atoms with E-state index in [-0.39, 0.29) is 5.78 Å². The maximum atomic E-state index is 13.0. The van der Waals surface area contributed by atoms with Gasteiger partial charge in [-0.15, -0.1) is 0 Å². The van der Waals surface area contributed by atoms with E-state index in [9.17, 15) is 9.59 Å². The highest BCUT2D eigenvalue weighted by Crippen LogP contribution is 2.45. The predicted octanol–water partition coefficient (Wildman–Crippen LogP) is 3.36. The van der Waals surface area contributed by atoms with Gasteiger partial charge in [-0.25, -0.2) is 4.68 Å². The average Bonchev–Trinajstić information content (AvgIpc) is 3.24. The lowest BCUT2D eigenvalue weighted by Gasteiger charge is -2.19. The molecule has 124 valence electrons. The molecule has 0 radical (unpaired) electrons.